The maximum absolute atomic E-state index is 14.3. The van der Waals surface area contributed by atoms with E-state index in [1.807, 2.05) is 31.2 Å². The van der Waals surface area contributed by atoms with Crippen molar-refractivity contribution in [2.75, 3.05) is 25.1 Å². The second-order valence-electron chi connectivity index (χ2n) is 8.43. The van der Waals surface area contributed by atoms with Crippen molar-refractivity contribution < 1.29 is 9.13 Å². The lowest BCUT2D eigenvalue weighted by Gasteiger charge is -2.34. The van der Waals surface area contributed by atoms with Gasteiger partial charge in [-0.3, -0.25) is 0 Å². The summed E-state index contributed by atoms with van der Waals surface area (Å²) in [4.78, 5) is 5.77. The van der Waals surface area contributed by atoms with Gasteiger partial charge >= 0.3 is 0 Å². The summed E-state index contributed by atoms with van der Waals surface area (Å²) in [5, 5.41) is 9.86. The van der Waals surface area contributed by atoms with Crippen molar-refractivity contribution in [3.63, 3.8) is 0 Å². The smallest absolute Gasteiger partial charge is 0.133 e. The summed E-state index contributed by atoms with van der Waals surface area (Å²) < 4.78 is 19.7. The Morgan fingerprint density at radius 1 is 1.12 bits per heavy atom. The van der Waals surface area contributed by atoms with Crippen LogP contribution in [0.25, 0.3) is 33.4 Å². The first-order valence-corrected chi connectivity index (χ1v) is 10.8. The van der Waals surface area contributed by atoms with E-state index in [4.69, 9.17) is 10.5 Å². The van der Waals surface area contributed by atoms with E-state index in [1.165, 1.54) is 6.07 Å². The van der Waals surface area contributed by atoms with Gasteiger partial charge in [0.05, 0.1) is 24.7 Å². The van der Waals surface area contributed by atoms with Gasteiger partial charge in [0.15, 0.2) is 0 Å². The summed E-state index contributed by atoms with van der Waals surface area (Å²) in [6.07, 6.45) is 3.52. The molecular formula is C25H26FN5O. The first kappa shape index (κ1) is 20.5. The van der Waals surface area contributed by atoms with Crippen LogP contribution >= 0.6 is 0 Å². The number of ether oxygens (including phenoxy) is 1. The molecule has 1 fully saturated rings. The second-order valence-corrected chi connectivity index (χ2v) is 8.43. The number of anilines is 1. The minimum atomic E-state index is -0.261. The number of nitrogens with zero attached hydrogens (tertiary/aromatic N) is 3. The number of hydrogen-bond donors (Lipinski definition) is 2. The first-order chi connectivity index (χ1) is 15.5. The topological polar surface area (TPSA) is 80.1 Å². The highest BCUT2D eigenvalue weighted by atomic mass is 19.1. The number of H-pyrrole nitrogens is 1. The molecule has 0 amide bonds. The van der Waals surface area contributed by atoms with E-state index < -0.39 is 0 Å². The summed E-state index contributed by atoms with van der Waals surface area (Å²) in [5.74, 6) is 0.533. The highest BCUT2D eigenvalue weighted by Crippen LogP contribution is 2.40. The van der Waals surface area contributed by atoms with Crippen molar-refractivity contribution >= 4 is 16.6 Å². The third-order valence-corrected chi connectivity index (χ3v) is 6.12. The first-order valence-electron chi connectivity index (χ1n) is 10.8. The summed E-state index contributed by atoms with van der Waals surface area (Å²) in [6.45, 7) is 3.52. The Labute approximate surface area is 186 Å². The van der Waals surface area contributed by atoms with Crippen molar-refractivity contribution in [3.05, 3.63) is 60.0 Å². The predicted molar refractivity (Wildman–Crippen MR) is 125 cm³/mol. The third kappa shape index (κ3) is 3.80. The average Bonchev–Trinajstić information content (AvgIpc) is 3.21. The molecule has 1 saturated heterocycles. The van der Waals surface area contributed by atoms with Gasteiger partial charge in [0.2, 0.25) is 0 Å². The number of fused-ring (bicyclic) bond motifs is 1. The second kappa shape index (κ2) is 8.24. The van der Waals surface area contributed by atoms with E-state index in [2.05, 4.69) is 26.1 Å². The van der Waals surface area contributed by atoms with Gasteiger partial charge in [-0.25, -0.2) is 4.39 Å². The highest BCUT2D eigenvalue weighted by molar-refractivity contribution is 5.92. The Kier molecular flexibility index (Phi) is 5.27. The van der Waals surface area contributed by atoms with E-state index in [-0.39, 0.29) is 11.9 Å². The number of benzene rings is 2. The SMILES string of the molecule is COc1ccc2[nH]c(-c3nncc(-c4cc(C)cc(F)c4)c3N3CCC(N)CC3)cc2c1. The minimum absolute atomic E-state index is 0.199. The van der Waals surface area contributed by atoms with Gasteiger partial charge in [-0.2, -0.15) is 5.10 Å². The lowest BCUT2D eigenvalue weighted by Crippen LogP contribution is -2.40. The molecule has 0 aliphatic carbocycles. The summed E-state index contributed by atoms with van der Waals surface area (Å²) in [6, 6.07) is 13.2. The maximum atomic E-state index is 14.3. The Morgan fingerprint density at radius 2 is 1.94 bits per heavy atom. The fourth-order valence-corrected chi connectivity index (χ4v) is 4.47. The molecule has 6 nitrogen and oxygen atoms in total. The van der Waals surface area contributed by atoms with Crippen molar-refractivity contribution in [2.45, 2.75) is 25.8 Å². The van der Waals surface area contributed by atoms with Crippen LogP contribution in [0.5, 0.6) is 5.75 Å². The van der Waals surface area contributed by atoms with Crippen LogP contribution in [0.2, 0.25) is 0 Å². The van der Waals surface area contributed by atoms with E-state index in [0.29, 0.717) is 0 Å². The fourth-order valence-electron chi connectivity index (χ4n) is 4.47. The van der Waals surface area contributed by atoms with Crippen molar-refractivity contribution in [1.29, 1.82) is 0 Å². The van der Waals surface area contributed by atoms with Gasteiger partial charge in [-0.1, -0.05) is 6.07 Å². The zero-order valence-electron chi connectivity index (χ0n) is 18.2. The number of nitrogens with one attached hydrogen (secondary N) is 1. The lowest BCUT2D eigenvalue weighted by molar-refractivity contribution is 0.415. The number of halogens is 1. The van der Waals surface area contributed by atoms with Crippen LogP contribution in [-0.4, -0.2) is 41.4 Å². The van der Waals surface area contributed by atoms with Gasteiger partial charge in [-0.15, -0.1) is 5.10 Å². The predicted octanol–water partition coefficient (Wildman–Crippen LogP) is 4.68. The number of nitrogens with two attached hydrogens (primary N) is 1. The molecule has 3 N–H and O–H groups in total. The van der Waals surface area contributed by atoms with Gasteiger partial charge in [0.1, 0.15) is 17.3 Å². The molecule has 1 aliphatic rings. The standard InChI is InChI=1S/C25H26FN5O/c1-15-9-16(11-18(26)10-15)21-14-28-30-24(25(21)31-7-5-19(27)6-8-31)23-13-17-12-20(32-2)3-4-22(17)29-23/h3-4,9-14,19,29H,5-8,27H2,1-2H3. The van der Waals surface area contributed by atoms with Crippen LogP contribution in [0.1, 0.15) is 18.4 Å². The van der Waals surface area contributed by atoms with E-state index in [9.17, 15) is 4.39 Å². The Balaban J connectivity index is 1.70. The zero-order chi connectivity index (χ0) is 22.2. The van der Waals surface area contributed by atoms with Crippen molar-refractivity contribution in [1.82, 2.24) is 15.2 Å². The molecule has 3 heterocycles. The maximum Gasteiger partial charge on any atom is 0.133 e. The van der Waals surface area contributed by atoms with Gasteiger partial charge in [-0.05, 0) is 67.3 Å². The normalized spacial score (nSPS) is 14.8. The van der Waals surface area contributed by atoms with Crippen molar-refractivity contribution in [3.8, 4) is 28.3 Å². The molecule has 0 spiro atoms. The van der Waals surface area contributed by atoms with Crippen LogP contribution in [0.15, 0.2) is 48.7 Å². The molecule has 5 rings (SSSR count). The molecule has 0 atom stereocenters. The van der Waals surface area contributed by atoms with E-state index in [1.54, 1.807) is 19.4 Å². The van der Waals surface area contributed by atoms with Crippen LogP contribution in [-0.2, 0) is 0 Å². The van der Waals surface area contributed by atoms with Gasteiger partial charge < -0.3 is 20.4 Å². The van der Waals surface area contributed by atoms with Crippen LogP contribution in [0.4, 0.5) is 10.1 Å². The molecule has 164 valence electrons. The molecule has 0 bridgehead atoms. The number of methoxy groups -OCH3 is 1. The Hall–Kier alpha value is -3.45. The number of aryl methyl sites for hydroxylation is 1. The molecule has 0 saturated carbocycles. The molecule has 1 aliphatic heterocycles. The molecule has 32 heavy (non-hydrogen) atoms. The highest BCUT2D eigenvalue weighted by Gasteiger charge is 2.25. The number of hydrogen-bond acceptors (Lipinski definition) is 5. The molecular weight excluding hydrogens is 405 g/mol. The van der Waals surface area contributed by atoms with E-state index >= 15 is 0 Å². The molecule has 2 aromatic carbocycles. The summed E-state index contributed by atoms with van der Waals surface area (Å²) in [7, 11) is 1.66. The monoisotopic (exact) mass is 431 g/mol. The number of piperidine rings is 1. The van der Waals surface area contributed by atoms with Gasteiger partial charge in [0, 0.05) is 35.6 Å². The zero-order valence-corrected chi connectivity index (χ0v) is 18.2. The third-order valence-electron chi connectivity index (χ3n) is 6.12. The van der Waals surface area contributed by atoms with Gasteiger partial charge in [0.25, 0.3) is 0 Å². The molecule has 2 aromatic heterocycles. The van der Waals surface area contributed by atoms with Crippen molar-refractivity contribution in [2.24, 2.45) is 5.73 Å². The molecule has 0 radical (unpaired) electrons. The lowest BCUT2D eigenvalue weighted by atomic mass is 9.98. The van der Waals surface area contributed by atoms with Crippen LogP contribution in [0.3, 0.4) is 0 Å². The fraction of sp³-hybridized carbons (Fsp3) is 0.280. The van der Waals surface area contributed by atoms with E-state index in [0.717, 1.165) is 76.3 Å². The van der Waals surface area contributed by atoms with Crippen LogP contribution < -0.4 is 15.4 Å². The Morgan fingerprint density at radius 3 is 2.69 bits per heavy atom. The minimum Gasteiger partial charge on any atom is -0.497 e. The Bertz CT molecular complexity index is 1260. The largest absolute Gasteiger partial charge is 0.497 e. The molecule has 0 unspecified atom stereocenters. The number of rotatable bonds is 4. The number of aromatic amines is 1. The molecule has 7 heteroatoms. The number of aromatic nitrogens is 3. The van der Waals surface area contributed by atoms with Crippen LogP contribution in [0, 0.1) is 12.7 Å². The summed E-state index contributed by atoms with van der Waals surface area (Å²) >= 11 is 0. The summed E-state index contributed by atoms with van der Waals surface area (Å²) in [5.41, 5.74) is 12.2. The molecule has 4 aromatic rings. The average molecular weight is 432 g/mol. The quantitative estimate of drug-likeness (QED) is 0.491.